The van der Waals surface area contributed by atoms with Crippen LogP contribution in [0.25, 0.3) is 11.3 Å². The van der Waals surface area contributed by atoms with Crippen LogP contribution in [-0.2, 0) is 17.9 Å². The monoisotopic (exact) mass is 380 g/mol. The number of guanidine groups is 1. The van der Waals surface area contributed by atoms with E-state index in [0.29, 0.717) is 24.8 Å². The van der Waals surface area contributed by atoms with E-state index in [1.165, 1.54) is 0 Å². The van der Waals surface area contributed by atoms with Gasteiger partial charge in [0.25, 0.3) is 0 Å². The summed E-state index contributed by atoms with van der Waals surface area (Å²) in [6.07, 6.45) is 3.39. The van der Waals surface area contributed by atoms with Crippen molar-refractivity contribution in [1.82, 2.24) is 25.5 Å². The summed E-state index contributed by atoms with van der Waals surface area (Å²) in [7, 11) is 3.57. The van der Waals surface area contributed by atoms with Crippen LogP contribution in [0.2, 0.25) is 0 Å². The molecule has 28 heavy (non-hydrogen) atoms. The summed E-state index contributed by atoms with van der Waals surface area (Å²) in [5.41, 5.74) is 2.05. The predicted octanol–water partition coefficient (Wildman–Crippen LogP) is 1.99. The van der Waals surface area contributed by atoms with Gasteiger partial charge < -0.3 is 24.9 Å². The topological polar surface area (TPSA) is 98.5 Å². The number of H-pyrrole nitrogens is 1. The highest BCUT2D eigenvalue weighted by Gasteiger charge is 2.11. The molecule has 3 aromatic rings. The predicted molar refractivity (Wildman–Crippen MR) is 107 cm³/mol. The fourth-order valence-electron chi connectivity index (χ4n) is 2.71. The van der Waals surface area contributed by atoms with Crippen LogP contribution in [0.3, 0.4) is 0 Å². The average Bonchev–Trinajstić information content (AvgIpc) is 3.39. The van der Waals surface area contributed by atoms with Gasteiger partial charge in [-0.1, -0.05) is 30.3 Å². The molecule has 0 aliphatic carbocycles. The molecule has 0 saturated heterocycles. The molecule has 8 nitrogen and oxygen atoms in total. The van der Waals surface area contributed by atoms with Gasteiger partial charge in [0.1, 0.15) is 11.6 Å². The minimum absolute atomic E-state index is 0.116. The summed E-state index contributed by atoms with van der Waals surface area (Å²) in [6.45, 7) is 1.00. The van der Waals surface area contributed by atoms with E-state index in [1.807, 2.05) is 54.5 Å². The van der Waals surface area contributed by atoms with Gasteiger partial charge in [-0.2, -0.15) is 0 Å². The van der Waals surface area contributed by atoms with Gasteiger partial charge in [-0.3, -0.25) is 9.79 Å². The van der Waals surface area contributed by atoms with Crippen LogP contribution in [0.15, 0.2) is 64.3 Å². The van der Waals surface area contributed by atoms with E-state index in [-0.39, 0.29) is 12.5 Å². The number of hydrogen-bond donors (Lipinski definition) is 3. The number of nitrogens with zero attached hydrogens (tertiary/aromatic N) is 3. The van der Waals surface area contributed by atoms with Gasteiger partial charge in [0, 0.05) is 14.1 Å². The summed E-state index contributed by atoms with van der Waals surface area (Å²) in [4.78, 5) is 25.9. The molecule has 2 heterocycles. The van der Waals surface area contributed by atoms with Gasteiger partial charge in [-0.05, 0) is 17.7 Å². The Hall–Kier alpha value is -3.55. The molecule has 0 spiro atoms. The van der Waals surface area contributed by atoms with Gasteiger partial charge in [0.2, 0.25) is 5.91 Å². The number of aromatic nitrogens is 2. The third-order valence-electron chi connectivity index (χ3n) is 4.12. The summed E-state index contributed by atoms with van der Waals surface area (Å²) in [5.74, 6) is 1.98. The Morgan fingerprint density at radius 2 is 2.04 bits per heavy atom. The van der Waals surface area contributed by atoms with Crippen molar-refractivity contribution in [3.05, 3.63) is 66.5 Å². The van der Waals surface area contributed by atoms with E-state index in [9.17, 15) is 4.79 Å². The largest absolute Gasteiger partial charge is 0.467 e. The van der Waals surface area contributed by atoms with Crippen molar-refractivity contribution in [2.45, 2.75) is 13.1 Å². The van der Waals surface area contributed by atoms with Crippen LogP contribution in [0.1, 0.15) is 11.6 Å². The third-order valence-corrected chi connectivity index (χ3v) is 4.12. The highest BCUT2D eigenvalue weighted by Crippen LogP contribution is 2.16. The Kier molecular flexibility index (Phi) is 6.46. The number of carbonyl (C=O) groups is 1. The maximum atomic E-state index is 12.0. The third kappa shape index (κ3) is 5.23. The van der Waals surface area contributed by atoms with Crippen LogP contribution >= 0.6 is 0 Å². The molecule has 0 unspecified atom stereocenters. The Bertz CT molecular complexity index is 902. The van der Waals surface area contributed by atoms with Crippen molar-refractivity contribution >= 4 is 11.9 Å². The molecular weight excluding hydrogens is 356 g/mol. The lowest BCUT2D eigenvalue weighted by Gasteiger charge is -2.20. The second kappa shape index (κ2) is 9.40. The SMILES string of the molecule is CN=C(NCC(=O)NCc1ccco1)N(C)Cc1ncc(-c2ccccc2)[nH]1. The first kappa shape index (κ1) is 19.2. The van der Waals surface area contributed by atoms with Gasteiger partial charge in [0.15, 0.2) is 5.96 Å². The fourth-order valence-corrected chi connectivity index (χ4v) is 2.71. The molecule has 1 amide bonds. The number of rotatable bonds is 7. The molecule has 0 atom stereocenters. The Labute approximate surface area is 163 Å². The van der Waals surface area contributed by atoms with Crippen LogP contribution in [0.4, 0.5) is 0 Å². The van der Waals surface area contributed by atoms with Crippen molar-refractivity contribution in [3.63, 3.8) is 0 Å². The molecule has 0 saturated carbocycles. The zero-order chi connectivity index (χ0) is 19.8. The zero-order valence-corrected chi connectivity index (χ0v) is 16.0. The second-order valence-corrected chi connectivity index (χ2v) is 6.22. The first-order valence-corrected chi connectivity index (χ1v) is 8.96. The fraction of sp³-hybridized carbons (Fsp3) is 0.250. The molecule has 0 radical (unpaired) electrons. The Morgan fingerprint density at radius 1 is 1.21 bits per heavy atom. The number of carbonyl (C=O) groups excluding carboxylic acids is 1. The average molecular weight is 380 g/mol. The number of nitrogens with one attached hydrogen (secondary N) is 3. The van der Waals surface area contributed by atoms with Crippen molar-refractivity contribution in [1.29, 1.82) is 0 Å². The van der Waals surface area contributed by atoms with Crippen LogP contribution in [0.5, 0.6) is 0 Å². The van der Waals surface area contributed by atoms with E-state index < -0.39 is 0 Å². The maximum absolute atomic E-state index is 12.0. The van der Waals surface area contributed by atoms with E-state index in [2.05, 4.69) is 25.6 Å². The summed E-state index contributed by atoms with van der Waals surface area (Å²) >= 11 is 0. The molecule has 0 bridgehead atoms. The Morgan fingerprint density at radius 3 is 2.75 bits per heavy atom. The molecule has 0 aliphatic heterocycles. The molecule has 146 valence electrons. The summed E-state index contributed by atoms with van der Waals surface area (Å²) < 4.78 is 5.19. The molecule has 0 fully saturated rings. The lowest BCUT2D eigenvalue weighted by Crippen LogP contribution is -2.43. The van der Waals surface area contributed by atoms with Gasteiger partial charge in [-0.25, -0.2) is 4.98 Å². The maximum Gasteiger partial charge on any atom is 0.239 e. The standard InChI is InChI=1S/C20H24N6O2/c1-21-20(24-13-19(27)23-11-16-9-6-10-28-16)26(2)14-18-22-12-17(25-18)15-7-4-3-5-8-15/h3-10,12H,11,13-14H2,1-2H3,(H,21,24)(H,22,25)(H,23,27). The number of amides is 1. The lowest BCUT2D eigenvalue weighted by atomic mass is 10.2. The zero-order valence-electron chi connectivity index (χ0n) is 16.0. The van der Waals surface area contributed by atoms with Crippen molar-refractivity contribution in [3.8, 4) is 11.3 Å². The van der Waals surface area contributed by atoms with Gasteiger partial charge >= 0.3 is 0 Å². The van der Waals surface area contributed by atoms with E-state index in [0.717, 1.165) is 17.1 Å². The number of benzene rings is 1. The molecule has 8 heteroatoms. The van der Waals surface area contributed by atoms with Crippen LogP contribution in [0, 0.1) is 0 Å². The second-order valence-electron chi connectivity index (χ2n) is 6.22. The number of hydrogen-bond acceptors (Lipinski definition) is 4. The number of imidazole rings is 1. The van der Waals surface area contributed by atoms with Gasteiger partial charge in [-0.15, -0.1) is 0 Å². The number of furan rings is 1. The number of aromatic amines is 1. The molecular formula is C20H24N6O2. The van der Waals surface area contributed by atoms with Crippen molar-refractivity contribution in [2.24, 2.45) is 4.99 Å². The van der Waals surface area contributed by atoms with Crippen molar-refractivity contribution < 1.29 is 9.21 Å². The quantitative estimate of drug-likeness (QED) is 0.430. The highest BCUT2D eigenvalue weighted by atomic mass is 16.3. The van der Waals surface area contributed by atoms with E-state index in [1.54, 1.807) is 19.4 Å². The molecule has 3 N–H and O–H groups in total. The van der Waals surface area contributed by atoms with E-state index >= 15 is 0 Å². The van der Waals surface area contributed by atoms with Crippen LogP contribution in [-0.4, -0.2) is 47.4 Å². The van der Waals surface area contributed by atoms with E-state index in [4.69, 9.17) is 4.42 Å². The lowest BCUT2D eigenvalue weighted by molar-refractivity contribution is -0.120. The minimum atomic E-state index is -0.143. The molecule has 0 aliphatic rings. The first-order valence-electron chi connectivity index (χ1n) is 8.96. The highest BCUT2D eigenvalue weighted by molar-refractivity contribution is 5.86. The molecule has 3 rings (SSSR count). The van der Waals surface area contributed by atoms with Gasteiger partial charge in [0.05, 0.1) is 37.8 Å². The normalized spacial score (nSPS) is 11.3. The minimum Gasteiger partial charge on any atom is -0.467 e. The summed E-state index contributed by atoms with van der Waals surface area (Å²) in [6, 6.07) is 13.6. The number of aliphatic imine (C=N–C) groups is 1. The molecule has 1 aromatic carbocycles. The Balaban J connectivity index is 1.49. The van der Waals surface area contributed by atoms with Crippen LogP contribution < -0.4 is 10.6 Å². The molecule has 2 aromatic heterocycles. The smallest absolute Gasteiger partial charge is 0.239 e. The first-order chi connectivity index (χ1) is 13.7. The van der Waals surface area contributed by atoms with Crippen molar-refractivity contribution in [2.75, 3.05) is 20.6 Å². The summed E-state index contributed by atoms with van der Waals surface area (Å²) in [5, 5.41) is 5.84.